The van der Waals surface area contributed by atoms with Gasteiger partial charge in [0.05, 0.1) is 0 Å². The second kappa shape index (κ2) is 5.17. The van der Waals surface area contributed by atoms with Crippen molar-refractivity contribution in [2.75, 3.05) is 6.54 Å². The van der Waals surface area contributed by atoms with E-state index in [4.69, 9.17) is 5.73 Å². The van der Waals surface area contributed by atoms with Crippen molar-refractivity contribution >= 4 is 5.91 Å². The average Bonchev–Trinajstić information content (AvgIpc) is 3.08. The molecule has 102 valence electrons. The third-order valence-corrected chi connectivity index (χ3v) is 4.68. The van der Waals surface area contributed by atoms with E-state index in [0.29, 0.717) is 30.6 Å². The standard InChI is InChI=1S/C14H25N3O/c15-10-8-12-5-6-13(9-10)17(12)7-1-2-14(18)16-11-3-4-11/h10-13H,1-9,15H2,(H,16,18). The molecule has 18 heavy (non-hydrogen) atoms. The van der Waals surface area contributed by atoms with E-state index in [2.05, 4.69) is 10.2 Å². The zero-order valence-corrected chi connectivity index (χ0v) is 11.1. The molecule has 4 nitrogen and oxygen atoms in total. The summed E-state index contributed by atoms with van der Waals surface area (Å²) < 4.78 is 0. The number of piperidine rings is 1. The number of amides is 1. The van der Waals surface area contributed by atoms with Gasteiger partial charge in [-0.05, 0) is 51.5 Å². The largest absolute Gasteiger partial charge is 0.353 e. The lowest BCUT2D eigenvalue weighted by Crippen LogP contribution is -2.47. The summed E-state index contributed by atoms with van der Waals surface area (Å²) in [7, 11) is 0. The first kappa shape index (κ1) is 12.4. The van der Waals surface area contributed by atoms with E-state index < -0.39 is 0 Å². The number of carbonyl (C=O) groups is 1. The van der Waals surface area contributed by atoms with E-state index in [-0.39, 0.29) is 5.91 Å². The maximum absolute atomic E-state index is 11.6. The van der Waals surface area contributed by atoms with Gasteiger partial charge in [0.1, 0.15) is 0 Å². The molecule has 1 aliphatic carbocycles. The van der Waals surface area contributed by atoms with Gasteiger partial charge in [-0.25, -0.2) is 0 Å². The molecule has 0 aromatic heterocycles. The van der Waals surface area contributed by atoms with Crippen LogP contribution < -0.4 is 11.1 Å². The molecule has 0 radical (unpaired) electrons. The molecule has 0 aromatic carbocycles. The van der Waals surface area contributed by atoms with E-state index in [0.717, 1.165) is 25.8 Å². The maximum Gasteiger partial charge on any atom is 0.220 e. The fourth-order valence-electron chi connectivity index (χ4n) is 3.63. The minimum atomic E-state index is 0.249. The average molecular weight is 251 g/mol. The number of rotatable bonds is 5. The molecule has 1 saturated carbocycles. The first-order chi connectivity index (χ1) is 8.72. The Bertz CT molecular complexity index is 302. The first-order valence-corrected chi connectivity index (χ1v) is 7.53. The highest BCUT2D eigenvalue weighted by Gasteiger charge is 2.38. The number of nitrogens with two attached hydrogens (primary N) is 1. The number of nitrogens with zero attached hydrogens (tertiary/aromatic N) is 1. The summed E-state index contributed by atoms with van der Waals surface area (Å²) >= 11 is 0. The maximum atomic E-state index is 11.6. The molecule has 2 aliphatic heterocycles. The van der Waals surface area contributed by atoms with E-state index in [1.54, 1.807) is 0 Å². The Morgan fingerprint density at radius 2 is 1.83 bits per heavy atom. The Hall–Kier alpha value is -0.610. The summed E-state index contributed by atoms with van der Waals surface area (Å²) in [5, 5.41) is 3.06. The lowest BCUT2D eigenvalue weighted by molar-refractivity contribution is -0.121. The zero-order valence-electron chi connectivity index (χ0n) is 11.1. The molecular weight excluding hydrogens is 226 g/mol. The van der Waals surface area contributed by atoms with Crippen LogP contribution in [0.15, 0.2) is 0 Å². The quantitative estimate of drug-likeness (QED) is 0.766. The molecule has 2 saturated heterocycles. The summed E-state index contributed by atoms with van der Waals surface area (Å²) in [5.74, 6) is 0.249. The number of fused-ring (bicyclic) bond motifs is 2. The van der Waals surface area contributed by atoms with Gasteiger partial charge in [0, 0.05) is 30.6 Å². The molecule has 2 heterocycles. The Morgan fingerprint density at radius 3 is 2.44 bits per heavy atom. The first-order valence-electron chi connectivity index (χ1n) is 7.53. The fraction of sp³-hybridized carbons (Fsp3) is 0.929. The van der Waals surface area contributed by atoms with Gasteiger partial charge < -0.3 is 11.1 Å². The Labute approximate surface area is 109 Å². The summed E-state index contributed by atoms with van der Waals surface area (Å²) in [6.45, 7) is 1.08. The van der Waals surface area contributed by atoms with Gasteiger partial charge in [-0.1, -0.05) is 0 Å². The highest BCUT2D eigenvalue weighted by molar-refractivity contribution is 5.76. The van der Waals surface area contributed by atoms with Crippen molar-refractivity contribution in [3.05, 3.63) is 0 Å². The Morgan fingerprint density at radius 1 is 1.17 bits per heavy atom. The highest BCUT2D eigenvalue weighted by Crippen LogP contribution is 2.35. The normalized spacial score (nSPS) is 35.7. The van der Waals surface area contributed by atoms with Gasteiger partial charge >= 0.3 is 0 Å². The lowest BCUT2D eigenvalue weighted by atomic mass is 9.98. The van der Waals surface area contributed by atoms with Gasteiger partial charge in [0.15, 0.2) is 0 Å². The Balaban J connectivity index is 1.39. The summed E-state index contributed by atoms with van der Waals surface area (Å²) in [4.78, 5) is 14.2. The lowest BCUT2D eigenvalue weighted by Gasteiger charge is -2.37. The van der Waals surface area contributed by atoms with Gasteiger partial charge in [0.25, 0.3) is 0 Å². The predicted molar refractivity (Wildman–Crippen MR) is 71.1 cm³/mol. The number of carbonyl (C=O) groups excluding carboxylic acids is 1. The third kappa shape index (κ3) is 2.86. The van der Waals surface area contributed by atoms with Crippen LogP contribution in [-0.2, 0) is 4.79 Å². The molecule has 3 aliphatic rings. The van der Waals surface area contributed by atoms with Crippen LogP contribution >= 0.6 is 0 Å². The molecule has 2 atom stereocenters. The molecule has 3 fully saturated rings. The van der Waals surface area contributed by atoms with Crippen LogP contribution in [0.1, 0.15) is 51.4 Å². The molecule has 3 N–H and O–H groups in total. The van der Waals surface area contributed by atoms with Gasteiger partial charge in [-0.3, -0.25) is 9.69 Å². The number of nitrogens with one attached hydrogen (secondary N) is 1. The van der Waals surface area contributed by atoms with E-state index in [1.807, 2.05) is 0 Å². The molecule has 2 bridgehead atoms. The Kier molecular flexibility index (Phi) is 3.57. The predicted octanol–water partition coefficient (Wildman–Crippen LogP) is 0.999. The monoisotopic (exact) mass is 251 g/mol. The van der Waals surface area contributed by atoms with Crippen LogP contribution in [0.3, 0.4) is 0 Å². The molecule has 2 unspecified atom stereocenters. The third-order valence-electron chi connectivity index (χ3n) is 4.68. The minimum Gasteiger partial charge on any atom is -0.353 e. The number of hydrogen-bond donors (Lipinski definition) is 2. The minimum absolute atomic E-state index is 0.249. The van der Waals surface area contributed by atoms with Crippen molar-refractivity contribution in [3.63, 3.8) is 0 Å². The summed E-state index contributed by atoms with van der Waals surface area (Å²) in [5.41, 5.74) is 6.07. The van der Waals surface area contributed by atoms with Crippen molar-refractivity contribution in [2.24, 2.45) is 5.73 Å². The summed E-state index contributed by atoms with van der Waals surface area (Å²) in [6, 6.07) is 2.31. The van der Waals surface area contributed by atoms with Crippen molar-refractivity contribution in [1.82, 2.24) is 10.2 Å². The van der Waals surface area contributed by atoms with Crippen LogP contribution in [0.25, 0.3) is 0 Å². The number of hydrogen-bond acceptors (Lipinski definition) is 3. The SMILES string of the molecule is NC1CC2CCC(C1)N2CCCC(=O)NC1CC1. The van der Waals surface area contributed by atoms with Crippen molar-refractivity contribution < 1.29 is 4.79 Å². The van der Waals surface area contributed by atoms with Gasteiger partial charge in [0.2, 0.25) is 5.91 Å². The molecule has 0 spiro atoms. The highest BCUT2D eigenvalue weighted by atomic mass is 16.1. The van der Waals surface area contributed by atoms with Crippen LogP contribution in [0.4, 0.5) is 0 Å². The van der Waals surface area contributed by atoms with Crippen molar-refractivity contribution in [2.45, 2.75) is 75.5 Å². The van der Waals surface area contributed by atoms with Crippen LogP contribution in [-0.4, -0.2) is 41.5 Å². The molecule has 4 heteroatoms. The van der Waals surface area contributed by atoms with Crippen LogP contribution in [0.5, 0.6) is 0 Å². The second-order valence-corrected chi connectivity index (χ2v) is 6.30. The van der Waals surface area contributed by atoms with Crippen LogP contribution in [0, 0.1) is 0 Å². The van der Waals surface area contributed by atoms with E-state index in [1.165, 1.54) is 25.7 Å². The topological polar surface area (TPSA) is 58.4 Å². The zero-order chi connectivity index (χ0) is 12.5. The fourth-order valence-corrected chi connectivity index (χ4v) is 3.63. The van der Waals surface area contributed by atoms with Gasteiger partial charge in [-0.2, -0.15) is 0 Å². The van der Waals surface area contributed by atoms with Crippen molar-refractivity contribution in [1.29, 1.82) is 0 Å². The van der Waals surface area contributed by atoms with Gasteiger partial charge in [-0.15, -0.1) is 0 Å². The smallest absolute Gasteiger partial charge is 0.220 e. The van der Waals surface area contributed by atoms with Crippen molar-refractivity contribution in [3.8, 4) is 0 Å². The molecule has 1 amide bonds. The second-order valence-electron chi connectivity index (χ2n) is 6.30. The molecular formula is C14H25N3O. The summed E-state index contributed by atoms with van der Waals surface area (Å²) in [6.07, 6.45) is 8.99. The molecule has 0 aromatic rings. The van der Waals surface area contributed by atoms with E-state index >= 15 is 0 Å². The van der Waals surface area contributed by atoms with Crippen LogP contribution in [0.2, 0.25) is 0 Å². The molecule has 3 rings (SSSR count). The van der Waals surface area contributed by atoms with E-state index in [9.17, 15) is 4.79 Å².